The van der Waals surface area contributed by atoms with Crippen LogP contribution in [-0.2, 0) is 6.42 Å². The number of aryl methyl sites for hydroxylation is 2. The van der Waals surface area contributed by atoms with Crippen molar-refractivity contribution in [2.45, 2.75) is 32.6 Å². The van der Waals surface area contributed by atoms with Gasteiger partial charge in [0.2, 0.25) is 0 Å². The minimum atomic E-state index is -0.136. The molecule has 0 aliphatic carbocycles. The molecular weight excluding hydrogens is 293 g/mol. The van der Waals surface area contributed by atoms with E-state index in [-0.39, 0.29) is 11.7 Å². The van der Waals surface area contributed by atoms with Crippen LogP contribution in [0.15, 0.2) is 30.6 Å². The van der Waals surface area contributed by atoms with Crippen molar-refractivity contribution in [1.29, 1.82) is 0 Å². The minimum absolute atomic E-state index is 0.000610. The van der Waals surface area contributed by atoms with Crippen molar-refractivity contribution in [3.8, 4) is 0 Å². The molecule has 0 spiro atoms. The highest BCUT2D eigenvalue weighted by Crippen LogP contribution is 2.23. The van der Waals surface area contributed by atoms with E-state index in [0.717, 1.165) is 50.0 Å². The van der Waals surface area contributed by atoms with Gasteiger partial charge in [-0.15, -0.1) is 0 Å². The summed E-state index contributed by atoms with van der Waals surface area (Å²) < 4.78 is 13.7. The Balaban J connectivity index is 1.59. The standard InChI is InChI=1S/C18H22FN3O/c1-13-17(21-12-20-13)18(23)22-10-4-5-14(11-22)8-9-15-6-2-3-7-16(15)19/h2-3,6-7,12,14H,4-5,8-11H2,1H3,(H,20,21)/t14-/m1/s1. The highest BCUT2D eigenvalue weighted by molar-refractivity contribution is 5.93. The zero-order valence-corrected chi connectivity index (χ0v) is 13.4. The lowest BCUT2D eigenvalue weighted by atomic mass is 9.91. The molecule has 1 aromatic heterocycles. The topological polar surface area (TPSA) is 49.0 Å². The van der Waals surface area contributed by atoms with Crippen molar-refractivity contribution < 1.29 is 9.18 Å². The summed E-state index contributed by atoms with van der Waals surface area (Å²) in [5, 5.41) is 0. The third-order valence-electron chi connectivity index (χ3n) is 4.62. The third kappa shape index (κ3) is 3.60. The van der Waals surface area contributed by atoms with Gasteiger partial charge in [0, 0.05) is 18.8 Å². The van der Waals surface area contributed by atoms with Crippen LogP contribution in [0.4, 0.5) is 4.39 Å². The maximum absolute atomic E-state index is 13.7. The Morgan fingerprint density at radius 1 is 1.43 bits per heavy atom. The maximum atomic E-state index is 13.7. The number of halogens is 1. The number of carbonyl (C=O) groups excluding carboxylic acids is 1. The van der Waals surface area contributed by atoms with Crippen LogP contribution in [-0.4, -0.2) is 33.9 Å². The number of hydrogen-bond donors (Lipinski definition) is 1. The zero-order chi connectivity index (χ0) is 16.2. The predicted octanol–water partition coefficient (Wildman–Crippen LogP) is 3.34. The fraction of sp³-hybridized carbons (Fsp3) is 0.444. The first-order chi connectivity index (χ1) is 11.1. The van der Waals surface area contributed by atoms with Crippen molar-refractivity contribution in [3.63, 3.8) is 0 Å². The Morgan fingerprint density at radius 3 is 3.00 bits per heavy atom. The van der Waals surface area contributed by atoms with E-state index in [1.165, 1.54) is 6.07 Å². The molecule has 1 atom stereocenters. The van der Waals surface area contributed by atoms with Crippen LogP contribution < -0.4 is 0 Å². The van der Waals surface area contributed by atoms with E-state index in [9.17, 15) is 9.18 Å². The lowest BCUT2D eigenvalue weighted by Gasteiger charge is -2.32. The first-order valence-corrected chi connectivity index (χ1v) is 8.18. The van der Waals surface area contributed by atoms with Gasteiger partial charge in [-0.2, -0.15) is 0 Å². The van der Waals surface area contributed by atoms with Gasteiger partial charge < -0.3 is 9.88 Å². The number of imidazole rings is 1. The van der Waals surface area contributed by atoms with Crippen molar-refractivity contribution in [2.24, 2.45) is 5.92 Å². The van der Waals surface area contributed by atoms with Gasteiger partial charge in [-0.3, -0.25) is 4.79 Å². The molecule has 3 rings (SSSR count). The van der Waals surface area contributed by atoms with Gasteiger partial charge in [-0.25, -0.2) is 9.37 Å². The van der Waals surface area contributed by atoms with E-state index in [2.05, 4.69) is 9.97 Å². The second-order valence-electron chi connectivity index (χ2n) is 6.27. The Kier molecular flexibility index (Phi) is 4.74. The third-order valence-corrected chi connectivity index (χ3v) is 4.62. The first-order valence-electron chi connectivity index (χ1n) is 8.18. The molecule has 2 heterocycles. The highest BCUT2D eigenvalue weighted by atomic mass is 19.1. The lowest BCUT2D eigenvalue weighted by Crippen LogP contribution is -2.40. The molecule has 1 aliphatic rings. The fourth-order valence-electron chi connectivity index (χ4n) is 3.27. The fourth-order valence-corrected chi connectivity index (χ4v) is 3.27. The number of aromatic nitrogens is 2. The van der Waals surface area contributed by atoms with Gasteiger partial charge in [-0.1, -0.05) is 18.2 Å². The first kappa shape index (κ1) is 15.7. The van der Waals surface area contributed by atoms with Crippen LogP contribution in [0.25, 0.3) is 0 Å². The summed E-state index contributed by atoms with van der Waals surface area (Å²) in [4.78, 5) is 21.5. The Labute approximate surface area is 135 Å². The largest absolute Gasteiger partial charge is 0.348 e. The second kappa shape index (κ2) is 6.94. The van der Waals surface area contributed by atoms with E-state index in [1.54, 1.807) is 12.4 Å². The van der Waals surface area contributed by atoms with Gasteiger partial charge in [-0.05, 0) is 50.2 Å². The van der Waals surface area contributed by atoms with Crippen molar-refractivity contribution >= 4 is 5.91 Å². The Morgan fingerprint density at radius 2 is 2.26 bits per heavy atom. The number of hydrogen-bond acceptors (Lipinski definition) is 2. The van der Waals surface area contributed by atoms with Crippen molar-refractivity contribution in [3.05, 3.63) is 53.4 Å². The molecule has 0 bridgehead atoms. The molecule has 0 unspecified atom stereocenters. The number of carbonyl (C=O) groups is 1. The smallest absolute Gasteiger partial charge is 0.274 e. The van der Waals surface area contributed by atoms with Crippen LogP contribution in [0, 0.1) is 18.7 Å². The second-order valence-corrected chi connectivity index (χ2v) is 6.27. The van der Waals surface area contributed by atoms with Crippen molar-refractivity contribution in [1.82, 2.24) is 14.9 Å². The molecular formula is C18H22FN3O. The van der Waals surface area contributed by atoms with Gasteiger partial charge in [0.25, 0.3) is 5.91 Å². The summed E-state index contributed by atoms with van der Waals surface area (Å²) in [6, 6.07) is 6.93. The zero-order valence-electron chi connectivity index (χ0n) is 13.4. The summed E-state index contributed by atoms with van der Waals surface area (Å²) in [5.74, 6) is 0.286. The average Bonchev–Trinajstić information content (AvgIpc) is 3.00. The number of benzene rings is 1. The van der Waals surface area contributed by atoms with Gasteiger partial charge >= 0.3 is 0 Å². The van der Waals surface area contributed by atoms with Gasteiger partial charge in [0.05, 0.1) is 6.33 Å². The molecule has 1 amide bonds. The summed E-state index contributed by atoms with van der Waals surface area (Å²) in [6.07, 6.45) is 5.28. The number of piperidine rings is 1. The SMILES string of the molecule is Cc1[nH]cnc1C(=O)N1CCC[C@H](CCc2ccccc2F)C1. The molecule has 1 aliphatic heterocycles. The summed E-state index contributed by atoms with van der Waals surface area (Å²) in [6.45, 7) is 3.38. The molecule has 1 fully saturated rings. The molecule has 2 aromatic rings. The van der Waals surface area contributed by atoms with Crippen LogP contribution in [0.5, 0.6) is 0 Å². The number of nitrogens with zero attached hydrogens (tertiary/aromatic N) is 2. The number of rotatable bonds is 4. The van der Waals surface area contributed by atoms with E-state index in [1.807, 2.05) is 24.0 Å². The van der Waals surface area contributed by atoms with Gasteiger partial charge in [0.1, 0.15) is 11.5 Å². The molecule has 1 aromatic carbocycles. The molecule has 4 nitrogen and oxygen atoms in total. The monoisotopic (exact) mass is 315 g/mol. The molecule has 122 valence electrons. The normalized spacial score (nSPS) is 18.2. The number of amides is 1. The molecule has 5 heteroatoms. The number of aromatic amines is 1. The highest BCUT2D eigenvalue weighted by Gasteiger charge is 2.26. The molecule has 1 N–H and O–H groups in total. The average molecular weight is 315 g/mol. The minimum Gasteiger partial charge on any atom is -0.348 e. The molecule has 0 radical (unpaired) electrons. The number of likely N-dealkylation sites (tertiary alicyclic amines) is 1. The van der Waals surface area contributed by atoms with E-state index >= 15 is 0 Å². The van der Waals surface area contributed by atoms with E-state index in [4.69, 9.17) is 0 Å². The van der Waals surface area contributed by atoms with E-state index in [0.29, 0.717) is 11.6 Å². The van der Waals surface area contributed by atoms with E-state index < -0.39 is 0 Å². The van der Waals surface area contributed by atoms with Crippen molar-refractivity contribution in [2.75, 3.05) is 13.1 Å². The quantitative estimate of drug-likeness (QED) is 0.940. The number of nitrogens with one attached hydrogen (secondary N) is 1. The van der Waals surface area contributed by atoms with Gasteiger partial charge in [0.15, 0.2) is 0 Å². The Bertz CT molecular complexity index is 682. The van der Waals surface area contributed by atoms with Crippen LogP contribution >= 0.6 is 0 Å². The maximum Gasteiger partial charge on any atom is 0.274 e. The summed E-state index contributed by atoms with van der Waals surface area (Å²) in [5.41, 5.74) is 2.09. The Hall–Kier alpha value is -2.17. The van der Waals surface area contributed by atoms with Crippen LogP contribution in [0.3, 0.4) is 0 Å². The summed E-state index contributed by atoms with van der Waals surface area (Å²) >= 11 is 0. The molecule has 1 saturated heterocycles. The summed E-state index contributed by atoms with van der Waals surface area (Å²) in [7, 11) is 0. The lowest BCUT2D eigenvalue weighted by molar-refractivity contribution is 0.0662. The van der Waals surface area contributed by atoms with Crippen LogP contribution in [0.1, 0.15) is 41.0 Å². The predicted molar refractivity (Wildman–Crippen MR) is 86.7 cm³/mol. The van der Waals surface area contributed by atoms with Crippen LogP contribution in [0.2, 0.25) is 0 Å². The molecule has 0 saturated carbocycles. The number of H-pyrrole nitrogens is 1. The molecule has 23 heavy (non-hydrogen) atoms.